The zero-order valence-electron chi connectivity index (χ0n) is 12.1. The van der Waals surface area contributed by atoms with Crippen molar-refractivity contribution in [2.75, 3.05) is 7.11 Å². The second kappa shape index (κ2) is 5.78. The van der Waals surface area contributed by atoms with Crippen LogP contribution >= 0.6 is 11.6 Å². The fourth-order valence-corrected chi connectivity index (χ4v) is 2.89. The maximum Gasteiger partial charge on any atom is 0.125 e. The fourth-order valence-electron chi connectivity index (χ4n) is 2.69. The fraction of sp³-hybridized carbons (Fsp3) is 0.235. The van der Waals surface area contributed by atoms with Crippen LogP contribution in [0.25, 0.3) is 11.0 Å². The van der Waals surface area contributed by atoms with Gasteiger partial charge < -0.3 is 9.30 Å². The van der Waals surface area contributed by atoms with Crippen molar-refractivity contribution in [1.82, 2.24) is 9.55 Å². The van der Waals surface area contributed by atoms with Crippen molar-refractivity contribution < 1.29 is 4.74 Å². The van der Waals surface area contributed by atoms with E-state index in [0.717, 1.165) is 28.2 Å². The van der Waals surface area contributed by atoms with Gasteiger partial charge in [-0.2, -0.15) is 0 Å². The van der Waals surface area contributed by atoms with Gasteiger partial charge in [0, 0.05) is 5.56 Å². The summed E-state index contributed by atoms with van der Waals surface area (Å²) in [5, 5.41) is 0. The number of ether oxygens (including phenoxy) is 1. The summed E-state index contributed by atoms with van der Waals surface area (Å²) in [6, 6.07) is 14.2. The summed E-state index contributed by atoms with van der Waals surface area (Å²) < 4.78 is 7.62. The number of aromatic nitrogens is 2. The van der Waals surface area contributed by atoms with Crippen LogP contribution in [0.4, 0.5) is 0 Å². The molecule has 0 radical (unpaired) electrons. The first-order valence-corrected chi connectivity index (χ1v) is 7.40. The van der Waals surface area contributed by atoms with Crippen LogP contribution in [-0.4, -0.2) is 16.7 Å². The van der Waals surface area contributed by atoms with Crippen molar-refractivity contribution in [3.63, 3.8) is 0 Å². The molecule has 3 aromatic rings. The Morgan fingerprint density at radius 1 is 1.14 bits per heavy atom. The van der Waals surface area contributed by atoms with Crippen molar-refractivity contribution in [2.45, 2.75) is 19.3 Å². The number of benzene rings is 2. The maximum absolute atomic E-state index is 6.08. The molecule has 108 valence electrons. The number of alkyl halides is 1. The Morgan fingerprint density at radius 2 is 1.95 bits per heavy atom. The van der Waals surface area contributed by atoms with Gasteiger partial charge in [0.2, 0.25) is 0 Å². The van der Waals surface area contributed by atoms with E-state index in [2.05, 4.69) is 28.6 Å². The van der Waals surface area contributed by atoms with E-state index >= 15 is 0 Å². The Balaban J connectivity index is 2.15. The molecule has 2 aromatic carbocycles. The largest absolute Gasteiger partial charge is 0.496 e. The number of imidazole rings is 1. The van der Waals surface area contributed by atoms with E-state index in [0.29, 0.717) is 12.4 Å². The molecule has 0 saturated heterocycles. The minimum atomic E-state index is 0.392. The Hall–Kier alpha value is -2.00. The molecule has 1 heterocycles. The van der Waals surface area contributed by atoms with E-state index in [-0.39, 0.29) is 0 Å². The Labute approximate surface area is 129 Å². The van der Waals surface area contributed by atoms with E-state index in [9.17, 15) is 0 Å². The summed E-state index contributed by atoms with van der Waals surface area (Å²) >= 11 is 6.08. The molecule has 1 aromatic heterocycles. The van der Waals surface area contributed by atoms with Crippen LogP contribution in [0.1, 0.15) is 17.0 Å². The standard InChI is InChI=1S/C17H17ClN2O/c1-12-6-5-8-14-17(12)20(16(10-18)19-14)11-13-7-3-4-9-15(13)21-2/h3-9H,10-11H2,1-2H3. The van der Waals surface area contributed by atoms with Gasteiger partial charge in [-0.1, -0.05) is 30.3 Å². The second-order valence-corrected chi connectivity index (χ2v) is 5.27. The molecular weight excluding hydrogens is 284 g/mol. The SMILES string of the molecule is COc1ccccc1Cn1c(CCl)nc2cccc(C)c21. The first-order chi connectivity index (χ1) is 10.2. The van der Waals surface area contributed by atoms with Crippen LogP contribution in [-0.2, 0) is 12.4 Å². The van der Waals surface area contributed by atoms with Gasteiger partial charge in [-0.3, -0.25) is 0 Å². The lowest BCUT2D eigenvalue weighted by Gasteiger charge is -2.12. The number of hydrogen-bond donors (Lipinski definition) is 0. The van der Waals surface area contributed by atoms with E-state index in [4.69, 9.17) is 16.3 Å². The van der Waals surface area contributed by atoms with Crippen molar-refractivity contribution in [1.29, 1.82) is 0 Å². The Bertz CT molecular complexity index is 780. The molecule has 0 aliphatic heterocycles. The number of aryl methyl sites for hydroxylation is 1. The monoisotopic (exact) mass is 300 g/mol. The molecule has 21 heavy (non-hydrogen) atoms. The molecule has 0 amide bonds. The average Bonchev–Trinajstić information content (AvgIpc) is 2.87. The molecule has 0 saturated carbocycles. The van der Waals surface area contributed by atoms with Crippen LogP contribution in [0.2, 0.25) is 0 Å². The van der Waals surface area contributed by atoms with Crippen molar-refractivity contribution in [2.24, 2.45) is 0 Å². The summed E-state index contributed by atoms with van der Waals surface area (Å²) in [6.45, 7) is 2.80. The van der Waals surface area contributed by atoms with E-state index in [1.807, 2.05) is 30.3 Å². The molecule has 0 unspecified atom stereocenters. The number of hydrogen-bond acceptors (Lipinski definition) is 2. The predicted octanol–water partition coefficient (Wildman–Crippen LogP) is 4.14. The third-order valence-electron chi connectivity index (χ3n) is 3.69. The minimum absolute atomic E-state index is 0.392. The van der Waals surface area contributed by atoms with Gasteiger partial charge in [-0.05, 0) is 24.6 Å². The normalized spacial score (nSPS) is 11.0. The topological polar surface area (TPSA) is 27.1 Å². The predicted molar refractivity (Wildman–Crippen MR) is 86.1 cm³/mol. The van der Waals surface area contributed by atoms with Gasteiger partial charge >= 0.3 is 0 Å². The maximum atomic E-state index is 6.08. The van der Waals surface area contributed by atoms with Crippen LogP contribution in [0, 0.1) is 6.92 Å². The highest BCUT2D eigenvalue weighted by Crippen LogP contribution is 2.25. The first kappa shape index (κ1) is 14.0. The average molecular weight is 301 g/mol. The molecule has 3 rings (SSSR count). The van der Waals surface area contributed by atoms with Gasteiger partial charge in [-0.15, -0.1) is 11.6 Å². The number of methoxy groups -OCH3 is 1. The highest BCUT2D eigenvalue weighted by Gasteiger charge is 2.13. The molecule has 0 aliphatic carbocycles. The lowest BCUT2D eigenvalue weighted by atomic mass is 10.1. The van der Waals surface area contributed by atoms with E-state index in [1.165, 1.54) is 5.56 Å². The first-order valence-electron chi connectivity index (χ1n) is 6.87. The molecule has 0 bridgehead atoms. The summed E-state index contributed by atoms with van der Waals surface area (Å²) in [4.78, 5) is 4.63. The number of para-hydroxylation sites is 2. The highest BCUT2D eigenvalue weighted by atomic mass is 35.5. The molecule has 0 atom stereocenters. The van der Waals surface area contributed by atoms with Gasteiger partial charge in [0.25, 0.3) is 0 Å². The zero-order chi connectivity index (χ0) is 14.8. The van der Waals surface area contributed by atoms with Crippen LogP contribution in [0.3, 0.4) is 0 Å². The lowest BCUT2D eigenvalue weighted by Crippen LogP contribution is -2.06. The molecule has 0 fully saturated rings. The number of rotatable bonds is 4. The van der Waals surface area contributed by atoms with Crippen LogP contribution < -0.4 is 4.74 Å². The van der Waals surface area contributed by atoms with E-state index in [1.54, 1.807) is 7.11 Å². The van der Waals surface area contributed by atoms with Crippen molar-refractivity contribution in [3.05, 3.63) is 59.4 Å². The van der Waals surface area contributed by atoms with Gasteiger partial charge in [-0.25, -0.2) is 4.98 Å². The smallest absolute Gasteiger partial charge is 0.125 e. The summed E-state index contributed by atoms with van der Waals surface area (Å²) in [6.07, 6.45) is 0. The molecule has 3 nitrogen and oxygen atoms in total. The second-order valence-electron chi connectivity index (χ2n) is 5.00. The van der Waals surface area contributed by atoms with Gasteiger partial charge in [0.1, 0.15) is 11.6 Å². The number of nitrogens with zero attached hydrogens (tertiary/aromatic N) is 2. The Kier molecular flexibility index (Phi) is 3.84. The third kappa shape index (κ3) is 2.49. The highest BCUT2D eigenvalue weighted by molar-refractivity contribution is 6.16. The summed E-state index contributed by atoms with van der Waals surface area (Å²) in [7, 11) is 1.69. The van der Waals surface area contributed by atoms with Gasteiger partial charge in [0.15, 0.2) is 0 Å². The minimum Gasteiger partial charge on any atom is -0.496 e. The molecule has 4 heteroatoms. The van der Waals surface area contributed by atoms with Crippen LogP contribution in [0.5, 0.6) is 5.75 Å². The Morgan fingerprint density at radius 3 is 2.71 bits per heavy atom. The van der Waals surface area contributed by atoms with E-state index < -0.39 is 0 Å². The van der Waals surface area contributed by atoms with Crippen LogP contribution in [0.15, 0.2) is 42.5 Å². The van der Waals surface area contributed by atoms with Crippen molar-refractivity contribution in [3.8, 4) is 5.75 Å². The third-order valence-corrected chi connectivity index (χ3v) is 3.93. The molecule has 0 spiro atoms. The molecule has 0 aliphatic rings. The number of halogens is 1. The summed E-state index contributed by atoms with van der Waals surface area (Å²) in [5.74, 6) is 2.16. The summed E-state index contributed by atoms with van der Waals surface area (Å²) in [5.41, 5.74) is 4.44. The molecular formula is C17H17ClN2O. The van der Waals surface area contributed by atoms with Gasteiger partial charge in [0.05, 0.1) is 30.6 Å². The quantitative estimate of drug-likeness (QED) is 0.677. The van der Waals surface area contributed by atoms with Crippen molar-refractivity contribution >= 4 is 22.6 Å². The molecule has 0 N–H and O–H groups in total. The number of fused-ring (bicyclic) bond motifs is 1. The zero-order valence-corrected chi connectivity index (χ0v) is 12.9. The lowest BCUT2D eigenvalue weighted by molar-refractivity contribution is 0.408.